The van der Waals surface area contributed by atoms with Crippen LogP contribution in [0.15, 0.2) is 6.07 Å². The van der Waals surface area contributed by atoms with E-state index in [0.717, 1.165) is 25.2 Å². The lowest BCUT2D eigenvalue weighted by Crippen LogP contribution is -2.45. The van der Waals surface area contributed by atoms with E-state index in [1.165, 1.54) is 6.42 Å². The summed E-state index contributed by atoms with van der Waals surface area (Å²) in [6.45, 7) is 1.10. The number of nitrogen functional groups attached to an aromatic ring is 1. The Balaban J connectivity index is 2.00. The van der Waals surface area contributed by atoms with Gasteiger partial charge in [0.1, 0.15) is 18.2 Å². The van der Waals surface area contributed by atoms with Crippen molar-refractivity contribution in [1.29, 1.82) is 0 Å². The van der Waals surface area contributed by atoms with E-state index in [1.807, 2.05) is 0 Å². The first-order valence-electron chi connectivity index (χ1n) is 6.09. The van der Waals surface area contributed by atoms with Gasteiger partial charge in [-0.1, -0.05) is 0 Å². The minimum Gasteiger partial charge on any atom is -0.384 e. The number of nitrogens with one attached hydrogen (secondary N) is 1. The molecule has 6 heteroatoms. The van der Waals surface area contributed by atoms with Gasteiger partial charge in [-0.3, -0.25) is 0 Å². The van der Waals surface area contributed by atoms with Crippen LogP contribution in [0.3, 0.4) is 0 Å². The molecule has 1 aromatic heterocycles. The van der Waals surface area contributed by atoms with Gasteiger partial charge in [-0.05, 0) is 19.3 Å². The van der Waals surface area contributed by atoms with Crippen molar-refractivity contribution in [2.75, 3.05) is 31.8 Å². The number of hydrogen-bond donors (Lipinski definition) is 2. The highest BCUT2D eigenvalue weighted by atomic mass is 16.5. The first-order chi connectivity index (χ1) is 8.67. The summed E-state index contributed by atoms with van der Waals surface area (Å²) in [6.07, 6.45) is 3.39. The van der Waals surface area contributed by atoms with Gasteiger partial charge in [0.2, 0.25) is 0 Å². The van der Waals surface area contributed by atoms with Crippen molar-refractivity contribution in [3.05, 3.63) is 11.9 Å². The maximum Gasteiger partial charge on any atom is 0.158 e. The lowest BCUT2D eigenvalue weighted by atomic mass is 9.80. The van der Waals surface area contributed by atoms with Crippen molar-refractivity contribution in [1.82, 2.24) is 9.97 Å². The molecule has 0 unspecified atom stereocenters. The van der Waals surface area contributed by atoms with Crippen LogP contribution >= 0.6 is 0 Å². The summed E-state index contributed by atoms with van der Waals surface area (Å²) in [5.41, 5.74) is 5.69. The molecule has 1 saturated carbocycles. The number of hydrogen-bond acceptors (Lipinski definition) is 6. The molecule has 0 aromatic carbocycles. The molecule has 1 aliphatic carbocycles. The summed E-state index contributed by atoms with van der Waals surface area (Å²) < 4.78 is 10.5. The molecular formula is C12H20N4O2. The lowest BCUT2D eigenvalue weighted by Gasteiger charge is -2.40. The second-order valence-electron chi connectivity index (χ2n) is 4.62. The first kappa shape index (κ1) is 13.0. The second kappa shape index (κ2) is 5.49. The van der Waals surface area contributed by atoms with E-state index in [2.05, 4.69) is 15.3 Å². The third kappa shape index (κ3) is 2.88. The van der Waals surface area contributed by atoms with Crippen LogP contribution in [-0.4, -0.2) is 36.3 Å². The molecule has 0 amide bonds. The second-order valence-corrected chi connectivity index (χ2v) is 4.62. The Morgan fingerprint density at radius 1 is 1.39 bits per heavy atom. The van der Waals surface area contributed by atoms with Gasteiger partial charge in [-0.15, -0.1) is 0 Å². The number of methoxy groups -OCH3 is 2. The predicted octanol–water partition coefficient (Wildman–Crippen LogP) is 1.19. The molecule has 0 radical (unpaired) electrons. The largest absolute Gasteiger partial charge is 0.384 e. The SMILES string of the molecule is COCc1nc(N)cc(NCC2(OC)CCC2)n1. The summed E-state index contributed by atoms with van der Waals surface area (Å²) >= 11 is 0. The minimum absolute atomic E-state index is 0.0405. The van der Waals surface area contributed by atoms with Crippen LogP contribution in [0.4, 0.5) is 11.6 Å². The fourth-order valence-electron chi connectivity index (χ4n) is 2.08. The van der Waals surface area contributed by atoms with Crippen LogP contribution in [0.1, 0.15) is 25.1 Å². The minimum atomic E-state index is -0.0405. The maximum absolute atomic E-state index is 5.73. The molecule has 18 heavy (non-hydrogen) atoms. The molecule has 0 spiro atoms. The van der Waals surface area contributed by atoms with Crippen LogP contribution in [0.2, 0.25) is 0 Å². The Kier molecular flexibility index (Phi) is 3.98. The van der Waals surface area contributed by atoms with Crippen molar-refractivity contribution >= 4 is 11.6 Å². The summed E-state index contributed by atoms with van der Waals surface area (Å²) in [4.78, 5) is 8.43. The predicted molar refractivity (Wildman–Crippen MR) is 69.2 cm³/mol. The highest BCUT2D eigenvalue weighted by molar-refractivity contribution is 5.44. The van der Waals surface area contributed by atoms with E-state index in [4.69, 9.17) is 15.2 Å². The Labute approximate surface area is 107 Å². The third-order valence-electron chi connectivity index (χ3n) is 3.36. The van der Waals surface area contributed by atoms with Gasteiger partial charge in [-0.2, -0.15) is 0 Å². The topological polar surface area (TPSA) is 82.3 Å². The quantitative estimate of drug-likeness (QED) is 0.791. The van der Waals surface area contributed by atoms with Crippen molar-refractivity contribution in [2.24, 2.45) is 0 Å². The zero-order chi connectivity index (χ0) is 13.0. The van der Waals surface area contributed by atoms with Gasteiger partial charge in [-0.25, -0.2) is 9.97 Å². The summed E-state index contributed by atoms with van der Waals surface area (Å²) in [5.74, 6) is 1.75. The zero-order valence-electron chi connectivity index (χ0n) is 10.9. The Bertz CT molecular complexity index is 402. The number of rotatable bonds is 6. The van der Waals surface area contributed by atoms with Gasteiger partial charge in [0.05, 0.1) is 5.60 Å². The average Bonchev–Trinajstić information content (AvgIpc) is 2.28. The van der Waals surface area contributed by atoms with E-state index in [0.29, 0.717) is 18.2 Å². The molecule has 0 aliphatic heterocycles. The van der Waals surface area contributed by atoms with E-state index in [-0.39, 0.29) is 5.60 Å². The smallest absolute Gasteiger partial charge is 0.158 e. The van der Waals surface area contributed by atoms with Crippen LogP contribution in [0, 0.1) is 0 Å². The standard InChI is InChI=1S/C12H20N4O2/c1-17-7-11-15-9(13)6-10(16-11)14-8-12(18-2)4-3-5-12/h6H,3-5,7-8H2,1-2H3,(H3,13,14,15,16). The van der Waals surface area contributed by atoms with Crippen molar-refractivity contribution in [3.63, 3.8) is 0 Å². The maximum atomic E-state index is 5.73. The Morgan fingerprint density at radius 3 is 2.72 bits per heavy atom. The van der Waals surface area contributed by atoms with Gasteiger partial charge < -0.3 is 20.5 Å². The molecule has 3 N–H and O–H groups in total. The fraction of sp³-hybridized carbons (Fsp3) is 0.667. The molecule has 6 nitrogen and oxygen atoms in total. The van der Waals surface area contributed by atoms with Gasteiger partial charge in [0.25, 0.3) is 0 Å². The number of anilines is 2. The molecule has 1 aliphatic rings. The van der Waals surface area contributed by atoms with Crippen LogP contribution in [0.25, 0.3) is 0 Å². The number of nitrogens with zero attached hydrogens (tertiary/aromatic N) is 2. The molecule has 2 rings (SSSR count). The summed E-state index contributed by atoms with van der Waals surface area (Å²) in [7, 11) is 3.36. The van der Waals surface area contributed by atoms with Crippen molar-refractivity contribution in [3.8, 4) is 0 Å². The molecule has 1 aromatic rings. The van der Waals surface area contributed by atoms with Crippen molar-refractivity contribution < 1.29 is 9.47 Å². The van der Waals surface area contributed by atoms with E-state index >= 15 is 0 Å². The summed E-state index contributed by atoms with van der Waals surface area (Å²) in [5, 5.41) is 3.27. The molecule has 1 heterocycles. The molecule has 100 valence electrons. The molecule has 1 fully saturated rings. The highest BCUT2D eigenvalue weighted by Crippen LogP contribution is 2.34. The zero-order valence-corrected chi connectivity index (χ0v) is 10.9. The third-order valence-corrected chi connectivity index (χ3v) is 3.36. The molecule has 0 atom stereocenters. The van der Waals surface area contributed by atoms with Gasteiger partial charge in [0, 0.05) is 26.8 Å². The van der Waals surface area contributed by atoms with Crippen molar-refractivity contribution in [2.45, 2.75) is 31.5 Å². The van der Waals surface area contributed by atoms with Crippen LogP contribution in [0.5, 0.6) is 0 Å². The first-order valence-corrected chi connectivity index (χ1v) is 6.09. The molecule has 0 saturated heterocycles. The number of aromatic nitrogens is 2. The lowest BCUT2D eigenvalue weighted by molar-refractivity contribution is -0.0601. The molecular weight excluding hydrogens is 232 g/mol. The fourth-order valence-corrected chi connectivity index (χ4v) is 2.08. The monoisotopic (exact) mass is 252 g/mol. The Morgan fingerprint density at radius 2 is 2.17 bits per heavy atom. The summed E-state index contributed by atoms with van der Waals surface area (Å²) in [6, 6.07) is 1.72. The Hall–Kier alpha value is -1.40. The van der Waals surface area contributed by atoms with E-state index < -0.39 is 0 Å². The van der Waals surface area contributed by atoms with Gasteiger partial charge in [0.15, 0.2) is 5.82 Å². The normalized spacial score (nSPS) is 17.2. The average molecular weight is 252 g/mol. The highest BCUT2D eigenvalue weighted by Gasteiger charge is 2.36. The van der Waals surface area contributed by atoms with Crippen LogP contribution < -0.4 is 11.1 Å². The number of ether oxygens (including phenoxy) is 2. The molecule has 0 bridgehead atoms. The van der Waals surface area contributed by atoms with Crippen LogP contribution in [-0.2, 0) is 16.1 Å². The van der Waals surface area contributed by atoms with E-state index in [1.54, 1.807) is 20.3 Å². The number of nitrogens with two attached hydrogens (primary N) is 1. The van der Waals surface area contributed by atoms with E-state index in [9.17, 15) is 0 Å². The van der Waals surface area contributed by atoms with Gasteiger partial charge >= 0.3 is 0 Å².